The van der Waals surface area contributed by atoms with Crippen molar-refractivity contribution >= 4 is 11.9 Å². The molecule has 3 N–H and O–H groups in total. The molecule has 2 atom stereocenters. The van der Waals surface area contributed by atoms with Gasteiger partial charge in [-0.15, -0.1) is 0 Å². The quantitative estimate of drug-likeness (QED) is 0.279. The van der Waals surface area contributed by atoms with Gasteiger partial charge < -0.3 is 15.8 Å². The molecule has 0 saturated heterocycles. The summed E-state index contributed by atoms with van der Waals surface area (Å²) in [6.07, 6.45) is 0.367. The molecule has 5 rings (SSSR count). The Bertz CT molecular complexity index is 1750. The number of nitrogens with one attached hydrogen (secondary N) is 1. The number of hydrogen-bond donors (Lipinski definition) is 2. The minimum absolute atomic E-state index is 0.121. The van der Waals surface area contributed by atoms with E-state index in [1.165, 1.54) is 43.3 Å². The third kappa shape index (κ3) is 6.45. The minimum atomic E-state index is -1.57. The van der Waals surface area contributed by atoms with Gasteiger partial charge in [0.2, 0.25) is 0 Å². The van der Waals surface area contributed by atoms with Gasteiger partial charge in [0, 0.05) is 17.5 Å². The van der Waals surface area contributed by atoms with Crippen molar-refractivity contribution in [3.8, 4) is 17.2 Å². The van der Waals surface area contributed by atoms with Gasteiger partial charge in [0.05, 0.1) is 11.6 Å². The molecular weight excluding hydrogens is 555 g/mol. The number of aryl methyl sites for hydroxylation is 1. The second-order valence-corrected chi connectivity index (χ2v) is 10.9. The fourth-order valence-corrected chi connectivity index (χ4v) is 5.24. The highest BCUT2D eigenvalue weighted by Gasteiger charge is 2.32. The first-order valence-corrected chi connectivity index (χ1v) is 13.7. The third-order valence-electron chi connectivity index (χ3n) is 7.52. The van der Waals surface area contributed by atoms with Crippen molar-refractivity contribution in [2.45, 2.75) is 44.4 Å². The van der Waals surface area contributed by atoms with Gasteiger partial charge in [0.15, 0.2) is 0 Å². The number of ether oxygens (including phenoxy) is 1. The van der Waals surface area contributed by atoms with E-state index in [2.05, 4.69) is 5.32 Å². The van der Waals surface area contributed by atoms with Gasteiger partial charge in [-0.25, -0.2) is 13.2 Å². The first-order valence-electron chi connectivity index (χ1n) is 13.7. The molecule has 0 aliphatic carbocycles. The fourth-order valence-electron chi connectivity index (χ4n) is 5.24. The Balaban J connectivity index is 1.62. The molecule has 9 heteroatoms. The monoisotopic (exact) mass is 583 g/mol. The van der Waals surface area contributed by atoms with Crippen LogP contribution in [0.15, 0.2) is 78.9 Å². The summed E-state index contributed by atoms with van der Waals surface area (Å²) in [6, 6.07) is 20.6. The zero-order valence-electron chi connectivity index (χ0n) is 23.3. The van der Waals surface area contributed by atoms with Crippen LogP contribution >= 0.6 is 0 Å². The van der Waals surface area contributed by atoms with E-state index in [1.807, 2.05) is 6.07 Å². The van der Waals surface area contributed by atoms with E-state index in [1.54, 1.807) is 42.5 Å². The molecule has 4 aromatic carbocycles. The minimum Gasteiger partial charge on any atom is -0.459 e. The molecular formula is C34H28F3N3O3. The number of rotatable bonds is 2. The van der Waals surface area contributed by atoms with Crippen LogP contribution in [0, 0.1) is 28.8 Å². The maximum absolute atomic E-state index is 15.6. The topological polar surface area (TPSA) is 105 Å². The van der Waals surface area contributed by atoms with Crippen LogP contribution in [0.4, 0.5) is 13.2 Å². The van der Waals surface area contributed by atoms with Crippen molar-refractivity contribution in [3.63, 3.8) is 0 Å². The summed E-state index contributed by atoms with van der Waals surface area (Å²) in [7, 11) is 0. The number of benzene rings is 4. The summed E-state index contributed by atoms with van der Waals surface area (Å²) in [6.45, 7) is 1.16. The largest absolute Gasteiger partial charge is 0.459 e. The third-order valence-corrected chi connectivity index (χ3v) is 7.52. The molecule has 0 saturated carbocycles. The molecule has 2 unspecified atom stereocenters. The van der Waals surface area contributed by atoms with Gasteiger partial charge in [-0.3, -0.25) is 9.59 Å². The maximum atomic E-state index is 15.6. The van der Waals surface area contributed by atoms with Gasteiger partial charge in [-0.2, -0.15) is 5.26 Å². The predicted molar refractivity (Wildman–Crippen MR) is 154 cm³/mol. The summed E-state index contributed by atoms with van der Waals surface area (Å²) in [5, 5.41) is 12.6. The van der Waals surface area contributed by atoms with Gasteiger partial charge in [-0.1, -0.05) is 42.5 Å². The second kappa shape index (κ2) is 12.1. The smallest absolute Gasteiger partial charge is 0.326 e. The van der Waals surface area contributed by atoms with Crippen molar-refractivity contribution in [1.82, 2.24) is 5.32 Å². The number of amides is 1. The molecule has 4 aromatic rings. The average molecular weight is 584 g/mol. The van der Waals surface area contributed by atoms with E-state index < -0.39 is 40.9 Å². The highest BCUT2D eigenvalue weighted by Crippen LogP contribution is 2.30. The first-order chi connectivity index (χ1) is 20.6. The zero-order chi connectivity index (χ0) is 30.7. The van der Waals surface area contributed by atoms with Crippen molar-refractivity contribution < 1.29 is 27.5 Å². The number of nitrogens with two attached hydrogens (primary N) is 1. The summed E-state index contributed by atoms with van der Waals surface area (Å²) >= 11 is 0. The number of nitrogens with zero attached hydrogens (tertiary/aromatic N) is 1. The van der Waals surface area contributed by atoms with E-state index in [4.69, 9.17) is 10.5 Å². The van der Waals surface area contributed by atoms with Crippen molar-refractivity contribution in [2.75, 3.05) is 0 Å². The molecule has 0 spiro atoms. The fraction of sp³-hybridized carbons (Fsp3) is 0.206. The van der Waals surface area contributed by atoms with Gasteiger partial charge in [0.1, 0.15) is 35.7 Å². The normalized spacial score (nSPS) is 19.2. The van der Waals surface area contributed by atoms with E-state index >= 15 is 4.39 Å². The van der Waals surface area contributed by atoms with Gasteiger partial charge in [0.25, 0.3) is 5.91 Å². The highest BCUT2D eigenvalue weighted by molar-refractivity contribution is 5.96. The summed E-state index contributed by atoms with van der Waals surface area (Å²) in [5.41, 5.74) is 6.93. The number of fused-ring (bicyclic) bond motifs is 4. The summed E-state index contributed by atoms with van der Waals surface area (Å²) in [5.74, 6) is -2.96. The number of esters is 1. The van der Waals surface area contributed by atoms with Crippen LogP contribution in [0.3, 0.4) is 0 Å². The van der Waals surface area contributed by atoms with Crippen molar-refractivity contribution in [1.29, 1.82) is 5.26 Å². The molecule has 4 bridgehead atoms. The zero-order valence-corrected chi connectivity index (χ0v) is 23.3. The molecule has 43 heavy (non-hydrogen) atoms. The van der Waals surface area contributed by atoms with Crippen LogP contribution in [0.5, 0.6) is 0 Å². The van der Waals surface area contributed by atoms with Gasteiger partial charge >= 0.3 is 5.97 Å². The number of cyclic esters (lactones) is 1. The Morgan fingerprint density at radius 3 is 2.40 bits per heavy atom. The lowest BCUT2D eigenvalue weighted by Gasteiger charge is -2.24. The van der Waals surface area contributed by atoms with Crippen LogP contribution in [0.25, 0.3) is 11.1 Å². The molecule has 218 valence electrons. The number of hydrogen-bond acceptors (Lipinski definition) is 5. The molecule has 0 radical (unpaired) electrons. The molecule has 1 heterocycles. The lowest BCUT2D eigenvalue weighted by atomic mass is 9.91. The van der Waals surface area contributed by atoms with Crippen LogP contribution in [-0.4, -0.2) is 17.4 Å². The van der Waals surface area contributed by atoms with Gasteiger partial charge in [-0.05, 0) is 84.0 Å². The standard InChI is InChI=1S/C34H28F3N3O3/c1-34(39)17-23-5-2-4-22(31(23)37)10-13-30(21-8-11-26(35)12-9-21)40-32(41)25-15-20(19-43-33(34)42)14-24(16-25)27-6-3-7-29(36)28(27)18-38/h2-9,11-12,14-16,30H,10,13,17,19,39H2,1H3,(H,40,41). The number of halogens is 3. The van der Waals surface area contributed by atoms with Crippen molar-refractivity contribution in [2.24, 2.45) is 5.73 Å². The second-order valence-electron chi connectivity index (χ2n) is 10.9. The number of carbonyl (C=O) groups is 2. The molecule has 6 nitrogen and oxygen atoms in total. The number of nitriles is 1. The Labute approximate surface area is 246 Å². The predicted octanol–water partition coefficient (Wildman–Crippen LogP) is 6.06. The van der Waals surface area contributed by atoms with Crippen LogP contribution < -0.4 is 11.1 Å². The lowest BCUT2D eigenvalue weighted by Crippen LogP contribution is -2.48. The van der Waals surface area contributed by atoms with Crippen LogP contribution in [0.2, 0.25) is 0 Å². The molecule has 1 aliphatic rings. The average Bonchev–Trinajstić information content (AvgIpc) is 2.99. The molecule has 0 aromatic heterocycles. The molecule has 1 amide bonds. The first kappa shape index (κ1) is 29.5. The highest BCUT2D eigenvalue weighted by atomic mass is 19.1. The Kier molecular flexibility index (Phi) is 8.33. The number of carbonyl (C=O) groups excluding carboxylic acids is 2. The molecule has 0 fully saturated rings. The summed E-state index contributed by atoms with van der Waals surface area (Å²) in [4.78, 5) is 26.8. The SMILES string of the molecule is CC1(N)Cc2cccc(c2F)CCC(c2ccc(F)cc2)NC(=O)c2cc(cc(-c3cccc(F)c3C#N)c2)COC1=O. The summed E-state index contributed by atoms with van der Waals surface area (Å²) < 4.78 is 49.3. The van der Waals surface area contributed by atoms with Crippen molar-refractivity contribution in [3.05, 3.63) is 130 Å². The van der Waals surface area contributed by atoms with E-state index in [0.717, 1.165) is 0 Å². The molecule has 1 aliphatic heterocycles. The van der Waals surface area contributed by atoms with Crippen LogP contribution in [-0.2, 0) is 29.0 Å². The Morgan fingerprint density at radius 2 is 1.65 bits per heavy atom. The van der Waals surface area contributed by atoms with E-state index in [-0.39, 0.29) is 48.1 Å². The lowest BCUT2D eigenvalue weighted by molar-refractivity contribution is -0.150. The van der Waals surface area contributed by atoms with E-state index in [0.29, 0.717) is 22.3 Å². The Morgan fingerprint density at radius 1 is 0.953 bits per heavy atom. The van der Waals surface area contributed by atoms with E-state index in [9.17, 15) is 23.6 Å². The maximum Gasteiger partial charge on any atom is 0.326 e. The Hall–Kier alpha value is -4.94. The van der Waals surface area contributed by atoms with Crippen LogP contribution in [0.1, 0.15) is 57.6 Å².